The molecule has 0 aromatic rings. The third-order valence-electron chi connectivity index (χ3n) is 11.1. The van der Waals surface area contributed by atoms with Crippen molar-refractivity contribution < 1.29 is 44.9 Å². The molecule has 0 spiro atoms. The van der Waals surface area contributed by atoms with E-state index in [9.17, 15) is 35.4 Å². The lowest BCUT2D eigenvalue weighted by Crippen LogP contribution is -2.60. The van der Waals surface area contributed by atoms with Crippen molar-refractivity contribution in [2.75, 3.05) is 13.2 Å². The summed E-state index contributed by atoms with van der Waals surface area (Å²) in [6.07, 6.45) is 35.1. The molecule has 0 aromatic heterocycles. The molecule has 0 radical (unpaired) electrons. The van der Waals surface area contributed by atoms with Crippen molar-refractivity contribution in [3.8, 4) is 0 Å². The van der Waals surface area contributed by atoms with Gasteiger partial charge in [-0.2, -0.15) is 0 Å². The van der Waals surface area contributed by atoms with E-state index in [0.29, 0.717) is 19.3 Å². The van der Waals surface area contributed by atoms with Gasteiger partial charge in [0.1, 0.15) is 30.5 Å². The van der Waals surface area contributed by atoms with Gasteiger partial charge in [0.25, 0.3) is 0 Å². The summed E-state index contributed by atoms with van der Waals surface area (Å²) in [5.74, 6) is -0.630. The number of ether oxygens (including phenoxy) is 2. The zero-order valence-corrected chi connectivity index (χ0v) is 36.2. The van der Waals surface area contributed by atoms with Crippen LogP contribution < -0.4 is 5.32 Å². The molecule has 1 aliphatic heterocycles. The topological polar surface area (TPSA) is 169 Å². The van der Waals surface area contributed by atoms with E-state index >= 15 is 0 Å². The number of carbonyl (C=O) groups is 1. The Kier molecular flexibility index (Phi) is 35.0. The number of hydrogen-bond acceptors (Lipinski definition) is 9. The molecular weight excluding hydrogens is 723 g/mol. The fraction of sp³-hybridized carbons (Fsp3) is 0.851. The maximum atomic E-state index is 13.0. The molecule has 1 amide bonds. The van der Waals surface area contributed by atoms with Gasteiger partial charge < -0.3 is 45.4 Å². The van der Waals surface area contributed by atoms with Gasteiger partial charge in [-0.1, -0.05) is 185 Å². The van der Waals surface area contributed by atoms with Crippen molar-refractivity contribution in [3.63, 3.8) is 0 Å². The highest BCUT2D eigenvalue weighted by molar-refractivity contribution is 5.80. The summed E-state index contributed by atoms with van der Waals surface area (Å²) in [7, 11) is 0. The first-order valence-electron chi connectivity index (χ1n) is 23.3. The molecule has 0 aromatic carbocycles. The molecule has 334 valence electrons. The molecule has 10 heteroatoms. The van der Waals surface area contributed by atoms with E-state index in [4.69, 9.17) is 9.47 Å². The van der Waals surface area contributed by atoms with E-state index in [2.05, 4.69) is 43.5 Å². The molecule has 0 aliphatic carbocycles. The largest absolute Gasteiger partial charge is 0.394 e. The number of rotatable bonds is 38. The van der Waals surface area contributed by atoms with Crippen molar-refractivity contribution in [1.29, 1.82) is 0 Å². The van der Waals surface area contributed by atoms with Crippen molar-refractivity contribution in [2.45, 2.75) is 243 Å². The molecule has 8 atom stereocenters. The van der Waals surface area contributed by atoms with Gasteiger partial charge in [-0.05, 0) is 44.9 Å². The fourth-order valence-corrected chi connectivity index (χ4v) is 7.19. The number of aliphatic hydroxyl groups excluding tert-OH is 6. The monoisotopic (exact) mass is 810 g/mol. The number of carbonyl (C=O) groups excluding carboxylic acids is 1. The third-order valence-corrected chi connectivity index (χ3v) is 11.1. The predicted molar refractivity (Wildman–Crippen MR) is 232 cm³/mol. The van der Waals surface area contributed by atoms with E-state index in [-0.39, 0.29) is 6.61 Å². The average Bonchev–Trinajstić information content (AvgIpc) is 3.21. The Hall–Kier alpha value is -1.63. The van der Waals surface area contributed by atoms with Crippen LogP contribution in [0.15, 0.2) is 36.5 Å². The molecular formula is C47H87NO9. The van der Waals surface area contributed by atoms with Gasteiger partial charge in [-0.25, -0.2) is 0 Å². The average molecular weight is 810 g/mol. The SMILES string of the molecule is CCCCCCCCC/C=C/CC/C=C/CC/C=C/C(O)C(COC1OC(CO)C(O)C(O)C1O)NC(=O)C(O)CCCCCCCCCCCCCCCCC. The van der Waals surface area contributed by atoms with Gasteiger partial charge in [-0.15, -0.1) is 0 Å². The second-order valence-corrected chi connectivity index (χ2v) is 16.3. The summed E-state index contributed by atoms with van der Waals surface area (Å²) in [5.41, 5.74) is 0. The van der Waals surface area contributed by atoms with Gasteiger partial charge in [0, 0.05) is 0 Å². The first-order chi connectivity index (χ1) is 27.8. The maximum Gasteiger partial charge on any atom is 0.249 e. The zero-order chi connectivity index (χ0) is 41.8. The summed E-state index contributed by atoms with van der Waals surface area (Å²) >= 11 is 0. The van der Waals surface area contributed by atoms with Gasteiger partial charge in [0.05, 0.1) is 25.4 Å². The number of unbranched alkanes of at least 4 members (excludes halogenated alkanes) is 23. The minimum Gasteiger partial charge on any atom is -0.394 e. The van der Waals surface area contributed by atoms with Crippen molar-refractivity contribution >= 4 is 5.91 Å². The first-order valence-corrected chi connectivity index (χ1v) is 23.3. The van der Waals surface area contributed by atoms with Crippen LogP contribution in [0.1, 0.15) is 194 Å². The summed E-state index contributed by atoms with van der Waals surface area (Å²) in [6.45, 7) is 3.57. The summed E-state index contributed by atoms with van der Waals surface area (Å²) < 4.78 is 11.1. The molecule has 8 unspecified atom stereocenters. The van der Waals surface area contributed by atoms with E-state index in [1.165, 1.54) is 116 Å². The van der Waals surface area contributed by atoms with Crippen molar-refractivity contribution in [1.82, 2.24) is 5.32 Å². The van der Waals surface area contributed by atoms with Crippen LogP contribution in [0.4, 0.5) is 0 Å². The van der Waals surface area contributed by atoms with Crippen LogP contribution in [0.5, 0.6) is 0 Å². The summed E-state index contributed by atoms with van der Waals surface area (Å²) in [6, 6.07) is -1.000. The molecule has 10 nitrogen and oxygen atoms in total. The van der Waals surface area contributed by atoms with Gasteiger partial charge in [0.15, 0.2) is 6.29 Å². The van der Waals surface area contributed by atoms with Crippen LogP contribution >= 0.6 is 0 Å². The first kappa shape index (κ1) is 53.4. The Balaban J connectivity index is 2.46. The standard InChI is InChI=1S/C47H87NO9/c1-3-5-7-9-11-13-15-17-19-20-22-23-25-27-29-31-33-35-40(50)39(38-56-47-45(54)44(53)43(52)42(37-49)57-47)48-46(55)41(51)36-34-32-30-28-26-24-21-18-16-14-12-10-8-6-4-2/h19-20,25,27,33,35,39-45,47,49-54H,3-18,21-24,26,28-32,34,36-38H2,1-2H3,(H,48,55)/b20-19+,27-25+,35-33+. The second kappa shape index (κ2) is 37.4. The van der Waals surface area contributed by atoms with E-state index in [1.807, 2.05) is 6.08 Å². The maximum absolute atomic E-state index is 13.0. The van der Waals surface area contributed by atoms with Gasteiger partial charge >= 0.3 is 0 Å². The van der Waals surface area contributed by atoms with E-state index < -0.39 is 61.5 Å². The lowest BCUT2D eigenvalue weighted by molar-refractivity contribution is -0.302. The summed E-state index contributed by atoms with van der Waals surface area (Å²) in [4.78, 5) is 13.0. The predicted octanol–water partition coefficient (Wildman–Crippen LogP) is 8.64. The number of allylic oxidation sites excluding steroid dienone is 5. The molecule has 7 N–H and O–H groups in total. The highest BCUT2D eigenvalue weighted by Crippen LogP contribution is 2.22. The normalized spacial score (nSPS) is 21.9. The number of aliphatic hydroxyl groups is 6. The van der Waals surface area contributed by atoms with Crippen LogP contribution in [-0.4, -0.2) is 98.7 Å². The number of nitrogens with one attached hydrogen (secondary N) is 1. The Morgan fingerprint density at radius 2 is 1.04 bits per heavy atom. The van der Waals surface area contributed by atoms with Crippen LogP contribution in [-0.2, 0) is 14.3 Å². The lowest BCUT2D eigenvalue weighted by atomic mass is 9.99. The Morgan fingerprint density at radius 3 is 1.53 bits per heavy atom. The third kappa shape index (κ3) is 27.7. The summed E-state index contributed by atoms with van der Waals surface area (Å²) in [5, 5.41) is 64.6. The number of hydrogen-bond donors (Lipinski definition) is 7. The van der Waals surface area contributed by atoms with Crippen LogP contribution in [0.2, 0.25) is 0 Å². The highest BCUT2D eigenvalue weighted by atomic mass is 16.7. The molecule has 0 bridgehead atoms. The van der Waals surface area contributed by atoms with E-state index in [1.54, 1.807) is 6.08 Å². The molecule has 1 aliphatic rings. The number of amides is 1. The van der Waals surface area contributed by atoms with Gasteiger partial charge in [-0.3, -0.25) is 4.79 Å². The minimum atomic E-state index is -1.62. The van der Waals surface area contributed by atoms with Crippen molar-refractivity contribution in [2.24, 2.45) is 0 Å². The van der Waals surface area contributed by atoms with Crippen molar-refractivity contribution in [3.05, 3.63) is 36.5 Å². The molecule has 1 heterocycles. The molecule has 1 fully saturated rings. The molecule has 57 heavy (non-hydrogen) atoms. The fourth-order valence-electron chi connectivity index (χ4n) is 7.19. The lowest BCUT2D eigenvalue weighted by Gasteiger charge is -2.40. The van der Waals surface area contributed by atoms with Gasteiger partial charge in [0.2, 0.25) is 5.91 Å². The smallest absolute Gasteiger partial charge is 0.249 e. The zero-order valence-electron chi connectivity index (χ0n) is 36.2. The van der Waals surface area contributed by atoms with Crippen LogP contribution in [0, 0.1) is 0 Å². The Labute approximate surface area is 347 Å². The van der Waals surface area contributed by atoms with Crippen LogP contribution in [0.3, 0.4) is 0 Å². The minimum absolute atomic E-state index is 0.303. The van der Waals surface area contributed by atoms with Crippen LogP contribution in [0.25, 0.3) is 0 Å². The van der Waals surface area contributed by atoms with E-state index in [0.717, 1.165) is 44.9 Å². The second-order valence-electron chi connectivity index (χ2n) is 16.3. The Bertz CT molecular complexity index is 1010. The molecule has 1 saturated heterocycles. The molecule has 0 saturated carbocycles. The Morgan fingerprint density at radius 1 is 0.596 bits per heavy atom. The quantitative estimate of drug-likeness (QED) is 0.0239. The molecule has 1 rings (SSSR count). The highest BCUT2D eigenvalue weighted by Gasteiger charge is 2.44.